The number of aliphatic hydroxyl groups is 1. The molecule has 0 saturated carbocycles. The third kappa shape index (κ3) is 3.82. The molecule has 6 heteroatoms. The Labute approximate surface area is 111 Å². The zero-order chi connectivity index (χ0) is 13.8. The second kappa shape index (κ2) is 5.88. The molecule has 0 aliphatic carbocycles. The molecular weight excluding hydrogens is 251 g/mol. The van der Waals surface area contributed by atoms with Crippen LogP contribution >= 0.6 is 0 Å². The lowest BCUT2D eigenvalue weighted by Gasteiger charge is -2.38. The quantitative estimate of drug-likeness (QED) is 0.855. The number of nitrogens with one attached hydrogen (secondary N) is 1. The summed E-state index contributed by atoms with van der Waals surface area (Å²) in [5.41, 5.74) is 0. The van der Waals surface area contributed by atoms with Crippen LogP contribution in [0.4, 0.5) is 9.18 Å². The number of carbonyl (C=O) groups is 1. The minimum atomic E-state index is -0.559. The van der Waals surface area contributed by atoms with Crippen LogP contribution in [0.2, 0.25) is 0 Å². The van der Waals surface area contributed by atoms with Crippen LogP contribution in [0.3, 0.4) is 0 Å². The van der Waals surface area contributed by atoms with Gasteiger partial charge in [0.1, 0.15) is 17.7 Å². The summed E-state index contributed by atoms with van der Waals surface area (Å²) in [6.07, 6.45) is -0.626. The highest BCUT2D eigenvalue weighted by Crippen LogP contribution is 2.18. The Bertz CT molecular complexity index is 430. The van der Waals surface area contributed by atoms with Crippen molar-refractivity contribution in [1.82, 2.24) is 10.2 Å². The van der Waals surface area contributed by atoms with Gasteiger partial charge in [-0.05, 0) is 31.2 Å². The third-order valence-corrected chi connectivity index (χ3v) is 2.80. The van der Waals surface area contributed by atoms with Gasteiger partial charge in [0.2, 0.25) is 0 Å². The van der Waals surface area contributed by atoms with E-state index in [1.807, 2.05) is 0 Å². The topological polar surface area (TPSA) is 61.8 Å². The molecule has 1 aliphatic rings. The van der Waals surface area contributed by atoms with E-state index in [1.165, 1.54) is 12.1 Å². The van der Waals surface area contributed by atoms with Crippen LogP contribution in [0, 0.1) is 5.82 Å². The summed E-state index contributed by atoms with van der Waals surface area (Å²) in [6, 6.07) is 5.58. The first-order valence-corrected chi connectivity index (χ1v) is 6.17. The van der Waals surface area contributed by atoms with Gasteiger partial charge in [-0.25, -0.2) is 9.18 Å². The number of urea groups is 1. The lowest BCUT2D eigenvalue weighted by atomic mass is 10.2. The first kappa shape index (κ1) is 13.6. The van der Waals surface area contributed by atoms with Crippen molar-refractivity contribution in [2.75, 3.05) is 19.6 Å². The van der Waals surface area contributed by atoms with Gasteiger partial charge < -0.3 is 20.1 Å². The molecule has 104 valence electrons. The van der Waals surface area contributed by atoms with Crippen LogP contribution in [0.15, 0.2) is 24.3 Å². The average molecular weight is 268 g/mol. The van der Waals surface area contributed by atoms with Crippen LogP contribution in [-0.4, -0.2) is 47.9 Å². The van der Waals surface area contributed by atoms with Gasteiger partial charge in [0.25, 0.3) is 0 Å². The maximum Gasteiger partial charge on any atom is 0.317 e. The molecule has 0 radical (unpaired) electrons. The molecule has 2 N–H and O–H groups in total. The van der Waals surface area contributed by atoms with Crippen molar-refractivity contribution < 1.29 is 19.0 Å². The Balaban J connectivity index is 1.71. The largest absolute Gasteiger partial charge is 0.487 e. The van der Waals surface area contributed by atoms with Gasteiger partial charge in [-0.2, -0.15) is 0 Å². The Morgan fingerprint density at radius 1 is 1.53 bits per heavy atom. The maximum atomic E-state index is 12.7. The number of likely N-dealkylation sites (tertiary alicyclic amines) is 1. The molecule has 1 heterocycles. The molecule has 19 heavy (non-hydrogen) atoms. The fourth-order valence-corrected chi connectivity index (χ4v) is 1.73. The molecule has 0 spiro atoms. The van der Waals surface area contributed by atoms with Crippen molar-refractivity contribution in [3.05, 3.63) is 30.1 Å². The summed E-state index contributed by atoms with van der Waals surface area (Å²) in [5, 5.41) is 11.7. The molecule has 1 unspecified atom stereocenters. The summed E-state index contributed by atoms with van der Waals surface area (Å²) >= 11 is 0. The minimum Gasteiger partial charge on any atom is -0.487 e. The Hall–Kier alpha value is -1.82. The van der Waals surface area contributed by atoms with Gasteiger partial charge in [0.05, 0.1) is 19.2 Å². The van der Waals surface area contributed by atoms with Gasteiger partial charge in [-0.1, -0.05) is 0 Å². The molecule has 2 amide bonds. The van der Waals surface area contributed by atoms with E-state index in [0.29, 0.717) is 18.8 Å². The van der Waals surface area contributed by atoms with E-state index in [1.54, 1.807) is 24.0 Å². The monoisotopic (exact) mass is 268 g/mol. The van der Waals surface area contributed by atoms with Crippen LogP contribution in [0.25, 0.3) is 0 Å². The highest BCUT2D eigenvalue weighted by molar-refractivity contribution is 5.75. The molecule has 1 aromatic carbocycles. The molecule has 0 bridgehead atoms. The Morgan fingerprint density at radius 2 is 2.16 bits per heavy atom. The van der Waals surface area contributed by atoms with Crippen molar-refractivity contribution in [1.29, 1.82) is 0 Å². The van der Waals surface area contributed by atoms with Crippen LogP contribution in [-0.2, 0) is 0 Å². The van der Waals surface area contributed by atoms with Crippen LogP contribution < -0.4 is 10.1 Å². The SMILES string of the molecule is CC(O)CNC(=O)N1CC(Oc2ccc(F)cc2)C1. The van der Waals surface area contributed by atoms with Gasteiger partial charge in [-0.15, -0.1) is 0 Å². The lowest BCUT2D eigenvalue weighted by molar-refractivity contribution is 0.0433. The van der Waals surface area contributed by atoms with E-state index in [-0.39, 0.29) is 24.5 Å². The normalized spacial score (nSPS) is 16.7. The summed E-state index contributed by atoms with van der Waals surface area (Å²) < 4.78 is 18.3. The van der Waals surface area contributed by atoms with Gasteiger partial charge in [0.15, 0.2) is 0 Å². The van der Waals surface area contributed by atoms with E-state index >= 15 is 0 Å². The standard InChI is InChI=1S/C13H17FN2O3/c1-9(17)6-15-13(18)16-7-12(8-16)19-11-4-2-10(14)3-5-11/h2-5,9,12,17H,6-8H2,1H3,(H,15,18). The number of ether oxygens (including phenoxy) is 1. The smallest absolute Gasteiger partial charge is 0.317 e. The van der Waals surface area contributed by atoms with E-state index in [4.69, 9.17) is 9.84 Å². The van der Waals surface area contributed by atoms with Crippen molar-refractivity contribution in [3.63, 3.8) is 0 Å². The van der Waals surface area contributed by atoms with Crippen molar-refractivity contribution in [2.24, 2.45) is 0 Å². The van der Waals surface area contributed by atoms with Gasteiger partial charge in [0, 0.05) is 6.54 Å². The summed E-state index contributed by atoms with van der Waals surface area (Å²) in [4.78, 5) is 13.2. The second-order valence-corrected chi connectivity index (χ2v) is 4.63. The van der Waals surface area contributed by atoms with E-state index in [0.717, 1.165) is 0 Å². The zero-order valence-corrected chi connectivity index (χ0v) is 10.7. The molecule has 0 aromatic heterocycles. The summed E-state index contributed by atoms with van der Waals surface area (Å²) in [6.45, 7) is 2.82. The number of halogens is 1. The van der Waals surface area contributed by atoms with E-state index in [2.05, 4.69) is 5.32 Å². The highest BCUT2D eigenvalue weighted by Gasteiger charge is 2.32. The third-order valence-electron chi connectivity index (χ3n) is 2.80. The molecule has 5 nitrogen and oxygen atoms in total. The molecule has 1 aromatic rings. The molecule has 1 fully saturated rings. The van der Waals surface area contributed by atoms with Crippen LogP contribution in [0.1, 0.15) is 6.92 Å². The summed E-state index contributed by atoms with van der Waals surface area (Å²) in [7, 11) is 0. The number of benzene rings is 1. The van der Waals surface area contributed by atoms with E-state index in [9.17, 15) is 9.18 Å². The fourth-order valence-electron chi connectivity index (χ4n) is 1.73. The number of nitrogens with zero attached hydrogens (tertiary/aromatic N) is 1. The molecule has 2 rings (SSSR count). The van der Waals surface area contributed by atoms with Gasteiger partial charge in [-0.3, -0.25) is 0 Å². The minimum absolute atomic E-state index is 0.0669. The number of rotatable bonds is 4. The van der Waals surface area contributed by atoms with Crippen molar-refractivity contribution >= 4 is 6.03 Å². The molecule has 1 aliphatic heterocycles. The van der Waals surface area contributed by atoms with Crippen molar-refractivity contribution in [2.45, 2.75) is 19.1 Å². The maximum absolute atomic E-state index is 12.7. The number of hydrogen-bond donors (Lipinski definition) is 2. The first-order valence-electron chi connectivity index (χ1n) is 6.17. The lowest BCUT2D eigenvalue weighted by Crippen LogP contribution is -2.59. The molecule has 1 atom stereocenters. The average Bonchev–Trinajstić information content (AvgIpc) is 2.32. The van der Waals surface area contributed by atoms with Crippen molar-refractivity contribution in [3.8, 4) is 5.75 Å². The number of amides is 2. The number of carbonyl (C=O) groups excluding carboxylic acids is 1. The number of hydrogen-bond acceptors (Lipinski definition) is 3. The second-order valence-electron chi connectivity index (χ2n) is 4.63. The van der Waals surface area contributed by atoms with Crippen LogP contribution in [0.5, 0.6) is 5.75 Å². The van der Waals surface area contributed by atoms with Gasteiger partial charge >= 0.3 is 6.03 Å². The highest BCUT2D eigenvalue weighted by atomic mass is 19.1. The zero-order valence-electron chi connectivity index (χ0n) is 10.7. The molecule has 1 saturated heterocycles. The fraction of sp³-hybridized carbons (Fsp3) is 0.462. The predicted molar refractivity (Wildman–Crippen MR) is 67.5 cm³/mol. The first-order chi connectivity index (χ1) is 9.04. The Morgan fingerprint density at radius 3 is 2.74 bits per heavy atom. The Kier molecular flexibility index (Phi) is 4.21. The summed E-state index contributed by atoms with van der Waals surface area (Å²) in [5.74, 6) is 0.288. The predicted octanol–water partition coefficient (Wildman–Crippen LogP) is 0.979. The van der Waals surface area contributed by atoms with E-state index < -0.39 is 6.10 Å². The molecular formula is C13H17FN2O3. The number of aliphatic hydroxyl groups excluding tert-OH is 1.